The predicted octanol–water partition coefficient (Wildman–Crippen LogP) is -1.79. The zero-order valence-electron chi connectivity index (χ0n) is 14.5. The Morgan fingerprint density at radius 2 is 1.12 bits per heavy atom. The third-order valence-corrected chi connectivity index (χ3v) is 2.70. The van der Waals surface area contributed by atoms with Crippen molar-refractivity contribution in [3.8, 4) is 0 Å². The standard InChI is InChI=1S/C7H16N2O2.C5H9NO4.C2H5NO2/c8-5-3-1-2-4-6(9)7(10)11;6-3(5(9)10)1-2-4(7)8;3-1-2(4)5/h6H,1-5,8-9H2,(H,10,11);3H,1-2,6H2,(H,7,8)(H,9,10);1,3H2,(H,4,5)/t;3-;/m.0./s1. The smallest absolute Gasteiger partial charge is 0.320 e. The van der Waals surface area contributed by atoms with E-state index < -0.39 is 36.0 Å². The van der Waals surface area contributed by atoms with Crippen LogP contribution in [0.2, 0.25) is 0 Å². The monoisotopic (exact) mass is 382 g/mol. The van der Waals surface area contributed by atoms with E-state index in [-0.39, 0.29) is 19.4 Å². The van der Waals surface area contributed by atoms with Crippen LogP contribution in [-0.2, 0) is 19.2 Å². The lowest BCUT2D eigenvalue weighted by Crippen LogP contribution is -2.30. The summed E-state index contributed by atoms with van der Waals surface area (Å²) in [6, 6.07) is -1.76. The van der Waals surface area contributed by atoms with Crippen LogP contribution in [0.4, 0.5) is 0 Å². The van der Waals surface area contributed by atoms with Gasteiger partial charge in [0.25, 0.3) is 0 Å². The number of unbranched alkanes of at least 4 members (excludes halogenated alkanes) is 2. The SMILES string of the molecule is NCC(=O)O.NCCCCCC(N)C(=O)O.N[C@@H](CCC(=O)O)C(=O)O. The summed E-state index contributed by atoms with van der Waals surface area (Å²) in [5, 5.41) is 32.3. The molecule has 0 saturated carbocycles. The average Bonchev–Trinajstić information content (AvgIpc) is 2.57. The summed E-state index contributed by atoms with van der Waals surface area (Å²) in [5.74, 6) is -4.08. The van der Waals surface area contributed by atoms with Gasteiger partial charge in [0.15, 0.2) is 0 Å². The molecule has 0 heterocycles. The van der Waals surface area contributed by atoms with Crippen molar-refractivity contribution in [2.75, 3.05) is 13.1 Å². The van der Waals surface area contributed by atoms with E-state index >= 15 is 0 Å². The van der Waals surface area contributed by atoms with Crippen LogP contribution in [0.5, 0.6) is 0 Å². The van der Waals surface area contributed by atoms with Gasteiger partial charge in [0.2, 0.25) is 0 Å². The molecule has 12 nitrogen and oxygen atoms in total. The Kier molecular flexibility index (Phi) is 20.9. The molecule has 0 aromatic carbocycles. The maximum absolute atomic E-state index is 10.2. The van der Waals surface area contributed by atoms with E-state index in [1.165, 1.54) is 0 Å². The van der Waals surface area contributed by atoms with Crippen molar-refractivity contribution in [2.24, 2.45) is 22.9 Å². The number of nitrogens with two attached hydrogens (primary N) is 4. The van der Waals surface area contributed by atoms with E-state index in [1.807, 2.05) is 0 Å². The highest BCUT2D eigenvalue weighted by Crippen LogP contribution is 2.01. The Hall–Kier alpha value is -2.28. The van der Waals surface area contributed by atoms with Crippen LogP contribution in [0.3, 0.4) is 0 Å². The maximum atomic E-state index is 10.2. The molecule has 0 bridgehead atoms. The summed E-state index contributed by atoms with van der Waals surface area (Å²) in [6.07, 6.45) is 3.10. The minimum atomic E-state index is -1.17. The molecule has 12 N–H and O–H groups in total. The predicted molar refractivity (Wildman–Crippen MR) is 92.3 cm³/mol. The molecular weight excluding hydrogens is 352 g/mol. The molecule has 12 heteroatoms. The van der Waals surface area contributed by atoms with Gasteiger partial charge in [0.05, 0.1) is 6.54 Å². The second kappa shape index (κ2) is 19.1. The first-order chi connectivity index (χ1) is 12.0. The van der Waals surface area contributed by atoms with Gasteiger partial charge in [-0.15, -0.1) is 0 Å². The number of carboxylic acids is 4. The van der Waals surface area contributed by atoms with E-state index in [9.17, 15) is 19.2 Å². The number of hydrogen-bond acceptors (Lipinski definition) is 8. The molecule has 0 radical (unpaired) electrons. The third-order valence-electron chi connectivity index (χ3n) is 2.70. The second-order valence-electron chi connectivity index (χ2n) is 5.06. The van der Waals surface area contributed by atoms with Crippen molar-refractivity contribution in [2.45, 2.75) is 50.6 Å². The molecule has 0 aromatic heterocycles. The zero-order valence-corrected chi connectivity index (χ0v) is 14.5. The summed E-state index contributed by atoms with van der Waals surface area (Å²) in [7, 11) is 0. The van der Waals surface area contributed by atoms with E-state index in [0.29, 0.717) is 13.0 Å². The van der Waals surface area contributed by atoms with Gasteiger partial charge in [-0.05, 0) is 25.8 Å². The molecule has 0 aliphatic rings. The molecule has 0 aromatic rings. The Balaban J connectivity index is -0.000000327. The summed E-state index contributed by atoms with van der Waals surface area (Å²) in [4.78, 5) is 39.3. The van der Waals surface area contributed by atoms with Crippen LogP contribution in [0.15, 0.2) is 0 Å². The molecule has 0 aliphatic carbocycles. The van der Waals surface area contributed by atoms with E-state index in [0.717, 1.165) is 19.3 Å². The topological polar surface area (TPSA) is 253 Å². The van der Waals surface area contributed by atoms with Crippen LogP contribution in [0, 0.1) is 0 Å². The van der Waals surface area contributed by atoms with E-state index in [4.69, 9.17) is 37.6 Å². The van der Waals surface area contributed by atoms with Crippen LogP contribution in [0.25, 0.3) is 0 Å². The lowest BCUT2D eigenvalue weighted by molar-refractivity contribution is -0.140. The molecule has 0 rings (SSSR count). The fourth-order valence-electron chi connectivity index (χ4n) is 1.21. The van der Waals surface area contributed by atoms with Gasteiger partial charge in [0.1, 0.15) is 12.1 Å². The lowest BCUT2D eigenvalue weighted by Gasteiger charge is -2.04. The Morgan fingerprint density at radius 3 is 1.42 bits per heavy atom. The Morgan fingerprint density at radius 1 is 0.692 bits per heavy atom. The first kappa shape index (κ1) is 28.5. The number of hydrogen-bond donors (Lipinski definition) is 8. The fourth-order valence-corrected chi connectivity index (χ4v) is 1.21. The van der Waals surface area contributed by atoms with Crippen molar-refractivity contribution >= 4 is 23.9 Å². The van der Waals surface area contributed by atoms with Crippen LogP contribution >= 0.6 is 0 Å². The molecule has 0 fully saturated rings. The zero-order chi connectivity index (χ0) is 21.1. The number of aliphatic carboxylic acids is 4. The number of carbonyl (C=O) groups is 4. The number of rotatable bonds is 11. The van der Waals surface area contributed by atoms with Gasteiger partial charge in [0, 0.05) is 6.42 Å². The van der Waals surface area contributed by atoms with Crippen molar-refractivity contribution in [3.05, 3.63) is 0 Å². The Bertz CT molecular complexity index is 420. The largest absolute Gasteiger partial charge is 0.481 e. The minimum Gasteiger partial charge on any atom is -0.481 e. The normalized spacial score (nSPS) is 11.7. The summed E-state index contributed by atoms with van der Waals surface area (Å²) >= 11 is 0. The Labute approximate surface area is 151 Å². The second-order valence-corrected chi connectivity index (χ2v) is 5.06. The highest BCUT2D eigenvalue weighted by Gasteiger charge is 2.12. The molecule has 0 spiro atoms. The molecule has 26 heavy (non-hydrogen) atoms. The van der Waals surface area contributed by atoms with Gasteiger partial charge in [-0.1, -0.05) is 12.8 Å². The molecule has 0 saturated heterocycles. The van der Waals surface area contributed by atoms with Crippen molar-refractivity contribution in [1.29, 1.82) is 0 Å². The van der Waals surface area contributed by atoms with Crippen molar-refractivity contribution < 1.29 is 39.6 Å². The first-order valence-corrected chi connectivity index (χ1v) is 7.80. The highest BCUT2D eigenvalue weighted by molar-refractivity contribution is 5.74. The third kappa shape index (κ3) is 26.6. The van der Waals surface area contributed by atoms with Crippen LogP contribution in [-0.4, -0.2) is 69.5 Å². The van der Waals surface area contributed by atoms with Crippen LogP contribution < -0.4 is 22.9 Å². The maximum Gasteiger partial charge on any atom is 0.320 e. The average molecular weight is 382 g/mol. The summed E-state index contributed by atoms with van der Waals surface area (Å²) in [6.45, 7) is 0.391. The van der Waals surface area contributed by atoms with E-state index in [2.05, 4.69) is 5.73 Å². The summed E-state index contributed by atoms with van der Waals surface area (Å²) in [5.41, 5.74) is 20.1. The molecular formula is C14H30N4O8. The quantitative estimate of drug-likeness (QED) is 0.184. The lowest BCUT2D eigenvalue weighted by atomic mass is 10.1. The minimum absolute atomic E-state index is 0.0231. The molecule has 0 aliphatic heterocycles. The van der Waals surface area contributed by atoms with Gasteiger partial charge in [-0.2, -0.15) is 0 Å². The number of carboxylic acid groups (broad SMARTS) is 4. The van der Waals surface area contributed by atoms with Gasteiger partial charge < -0.3 is 43.4 Å². The highest BCUT2D eigenvalue weighted by atomic mass is 16.4. The van der Waals surface area contributed by atoms with Crippen molar-refractivity contribution in [1.82, 2.24) is 0 Å². The van der Waals surface area contributed by atoms with Gasteiger partial charge >= 0.3 is 23.9 Å². The van der Waals surface area contributed by atoms with E-state index in [1.54, 1.807) is 0 Å². The van der Waals surface area contributed by atoms with Gasteiger partial charge in [-0.25, -0.2) is 0 Å². The molecule has 2 atom stereocenters. The first-order valence-electron chi connectivity index (χ1n) is 7.80. The van der Waals surface area contributed by atoms with Crippen molar-refractivity contribution in [3.63, 3.8) is 0 Å². The van der Waals surface area contributed by atoms with Crippen LogP contribution in [0.1, 0.15) is 38.5 Å². The molecule has 154 valence electrons. The fraction of sp³-hybridized carbons (Fsp3) is 0.714. The molecule has 1 unspecified atom stereocenters. The van der Waals surface area contributed by atoms with Gasteiger partial charge in [-0.3, -0.25) is 19.2 Å². The molecule has 0 amide bonds. The summed E-state index contributed by atoms with van der Waals surface area (Å²) < 4.78 is 0.